The monoisotopic (exact) mass is 265 g/mol. The molecule has 0 spiro atoms. The molecule has 0 unspecified atom stereocenters. The Morgan fingerprint density at radius 2 is 1.83 bits per heavy atom. The van der Waals surface area contributed by atoms with E-state index < -0.39 is 25.1 Å². The first kappa shape index (κ1) is 14.2. The Labute approximate surface area is 99.6 Å². The number of alkyl halides is 5. The van der Waals surface area contributed by atoms with E-state index in [1.54, 1.807) is 6.07 Å². The minimum Gasteiger partial charge on any atom is -0.493 e. The molecule has 0 heterocycles. The van der Waals surface area contributed by atoms with Crippen LogP contribution in [0.5, 0.6) is 5.75 Å². The predicted molar refractivity (Wildman–Crippen MR) is 52.3 cm³/mol. The molecule has 1 aromatic rings. The third kappa shape index (κ3) is 3.58. The van der Waals surface area contributed by atoms with Crippen LogP contribution in [-0.2, 0) is 0 Å². The van der Waals surface area contributed by atoms with E-state index >= 15 is 0 Å². The molecule has 18 heavy (non-hydrogen) atoms. The normalized spacial score (nSPS) is 12.0. The smallest absolute Gasteiger partial charge is 0.453 e. The zero-order valence-electron chi connectivity index (χ0n) is 8.97. The third-order valence-corrected chi connectivity index (χ3v) is 2.06. The van der Waals surface area contributed by atoms with Gasteiger partial charge in [-0.3, -0.25) is 0 Å². The lowest BCUT2D eigenvalue weighted by atomic mass is 10.2. The van der Waals surface area contributed by atoms with Gasteiger partial charge in [0.05, 0.1) is 24.7 Å². The van der Waals surface area contributed by atoms with Crippen LogP contribution in [0, 0.1) is 11.3 Å². The Hall–Kier alpha value is -1.84. The molecule has 0 aliphatic heterocycles. The molecule has 0 N–H and O–H groups in total. The number of hydrogen-bond donors (Lipinski definition) is 0. The second kappa shape index (κ2) is 5.21. The lowest BCUT2D eigenvalue weighted by molar-refractivity contribution is -0.285. The van der Waals surface area contributed by atoms with Gasteiger partial charge in [-0.25, -0.2) is 0 Å². The van der Waals surface area contributed by atoms with Gasteiger partial charge in [0.25, 0.3) is 0 Å². The standard InChI is InChI=1S/C11H8F5NO/c12-10(13,11(14,15)16)4-5-18-9-3-1-2-8(6-9)7-17/h1-3,6H,4-5H2. The molecule has 0 aliphatic carbocycles. The van der Waals surface area contributed by atoms with Crippen molar-refractivity contribution in [1.29, 1.82) is 5.26 Å². The van der Waals surface area contributed by atoms with Crippen LogP contribution in [0.1, 0.15) is 12.0 Å². The molecule has 0 aromatic heterocycles. The summed E-state index contributed by atoms with van der Waals surface area (Å²) in [5.74, 6) is -4.70. The number of hydrogen-bond acceptors (Lipinski definition) is 2. The van der Waals surface area contributed by atoms with Gasteiger partial charge in [-0.15, -0.1) is 0 Å². The Balaban J connectivity index is 2.54. The summed E-state index contributed by atoms with van der Waals surface area (Å²) in [7, 11) is 0. The predicted octanol–water partition coefficient (Wildman–Crippen LogP) is 3.52. The number of nitrogens with zero attached hydrogens (tertiary/aromatic N) is 1. The van der Waals surface area contributed by atoms with E-state index in [1.165, 1.54) is 24.3 Å². The molecule has 0 bridgehead atoms. The Morgan fingerprint density at radius 3 is 2.39 bits per heavy atom. The van der Waals surface area contributed by atoms with Crippen LogP contribution in [0.15, 0.2) is 24.3 Å². The topological polar surface area (TPSA) is 33.0 Å². The number of rotatable bonds is 4. The Bertz CT molecular complexity index is 449. The summed E-state index contributed by atoms with van der Waals surface area (Å²) in [5, 5.41) is 8.55. The highest BCUT2D eigenvalue weighted by atomic mass is 19.4. The summed E-state index contributed by atoms with van der Waals surface area (Å²) >= 11 is 0. The maximum absolute atomic E-state index is 12.5. The number of nitriles is 1. The highest BCUT2D eigenvalue weighted by molar-refractivity contribution is 5.36. The summed E-state index contributed by atoms with van der Waals surface area (Å²) in [4.78, 5) is 0. The highest BCUT2D eigenvalue weighted by Crippen LogP contribution is 2.37. The van der Waals surface area contributed by atoms with Crippen molar-refractivity contribution in [1.82, 2.24) is 0 Å². The number of benzene rings is 1. The van der Waals surface area contributed by atoms with E-state index in [4.69, 9.17) is 10.00 Å². The van der Waals surface area contributed by atoms with Crippen molar-refractivity contribution < 1.29 is 26.7 Å². The maximum atomic E-state index is 12.5. The van der Waals surface area contributed by atoms with Crippen LogP contribution in [0.25, 0.3) is 0 Å². The van der Waals surface area contributed by atoms with Gasteiger partial charge < -0.3 is 4.74 Å². The number of ether oxygens (including phenoxy) is 1. The van der Waals surface area contributed by atoms with Crippen molar-refractivity contribution in [2.24, 2.45) is 0 Å². The molecule has 0 atom stereocenters. The van der Waals surface area contributed by atoms with Crippen LogP contribution in [0.2, 0.25) is 0 Å². The first-order chi connectivity index (χ1) is 8.26. The van der Waals surface area contributed by atoms with Gasteiger partial charge >= 0.3 is 12.1 Å². The van der Waals surface area contributed by atoms with E-state index in [0.29, 0.717) is 0 Å². The van der Waals surface area contributed by atoms with Crippen molar-refractivity contribution in [2.45, 2.75) is 18.5 Å². The van der Waals surface area contributed by atoms with Crippen molar-refractivity contribution in [3.05, 3.63) is 29.8 Å². The lowest BCUT2D eigenvalue weighted by Gasteiger charge is -2.19. The average Bonchev–Trinajstić information content (AvgIpc) is 2.27. The van der Waals surface area contributed by atoms with Crippen molar-refractivity contribution in [2.75, 3.05) is 6.61 Å². The van der Waals surface area contributed by atoms with Crippen LogP contribution in [0.3, 0.4) is 0 Å². The van der Waals surface area contributed by atoms with Crippen molar-refractivity contribution in [3.63, 3.8) is 0 Å². The Kier molecular flexibility index (Phi) is 4.11. The lowest BCUT2D eigenvalue weighted by Crippen LogP contribution is -2.37. The van der Waals surface area contributed by atoms with E-state index in [2.05, 4.69) is 0 Å². The second-order valence-corrected chi connectivity index (χ2v) is 3.44. The zero-order valence-corrected chi connectivity index (χ0v) is 8.97. The van der Waals surface area contributed by atoms with Gasteiger partial charge in [0, 0.05) is 0 Å². The molecule has 7 heteroatoms. The van der Waals surface area contributed by atoms with E-state index in [1.807, 2.05) is 0 Å². The minimum atomic E-state index is -5.58. The molecule has 0 radical (unpaired) electrons. The first-order valence-electron chi connectivity index (χ1n) is 4.84. The van der Waals surface area contributed by atoms with Gasteiger partial charge in [-0.2, -0.15) is 27.2 Å². The van der Waals surface area contributed by atoms with Gasteiger partial charge in [0.1, 0.15) is 5.75 Å². The van der Waals surface area contributed by atoms with Gasteiger partial charge in [0.15, 0.2) is 0 Å². The van der Waals surface area contributed by atoms with Gasteiger partial charge in [-0.05, 0) is 18.2 Å². The molecule has 0 aliphatic rings. The Morgan fingerprint density at radius 1 is 1.17 bits per heavy atom. The summed E-state index contributed by atoms with van der Waals surface area (Å²) in [6, 6.07) is 7.31. The second-order valence-electron chi connectivity index (χ2n) is 3.44. The van der Waals surface area contributed by atoms with Crippen molar-refractivity contribution >= 4 is 0 Å². The van der Waals surface area contributed by atoms with Crippen molar-refractivity contribution in [3.8, 4) is 11.8 Å². The van der Waals surface area contributed by atoms with E-state index in [-0.39, 0.29) is 11.3 Å². The van der Waals surface area contributed by atoms with E-state index in [0.717, 1.165) is 0 Å². The van der Waals surface area contributed by atoms with Crippen LogP contribution >= 0.6 is 0 Å². The number of halogens is 5. The van der Waals surface area contributed by atoms with Crippen LogP contribution < -0.4 is 4.74 Å². The average molecular weight is 265 g/mol. The quantitative estimate of drug-likeness (QED) is 0.780. The highest BCUT2D eigenvalue weighted by Gasteiger charge is 2.56. The maximum Gasteiger partial charge on any atom is 0.453 e. The third-order valence-electron chi connectivity index (χ3n) is 2.06. The summed E-state index contributed by atoms with van der Waals surface area (Å²) in [6.45, 7) is -0.790. The molecule has 1 rings (SSSR count). The minimum absolute atomic E-state index is 0.0759. The summed E-state index contributed by atoms with van der Waals surface area (Å²) in [6.07, 6.45) is -7.04. The molecule has 0 amide bonds. The van der Waals surface area contributed by atoms with Crippen LogP contribution in [-0.4, -0.2) is 18.7 Å². The SMILES string of the molecule is N#Cc1cccc(OCCC(F)(F)C(F)(F)F)c1. The van der Waals surface area contributed by atoms with E-state index in [9.17, 15) is 22.0 Å². The first-order valence-corrected chi connectivity index (χ1v) is 4.84. The molecule has 98 valence electrons. The largest absolute Gasteiger partial charge is 0.493 e. The van der Waals surface area contributed by atoms with Gasteiger partial charge in [-0.1, -0.05) is 6.07 Å². The van der Waals surface area contributed by atoms with Crippen LogP contribution in [0.4, 0.5) is 22.0 Å². The summed E-state index contributed by atoms with van der Waals surface area (Å²) < 4.78 is 65.3. The zero-order chi connectivity index (χ0) is 13.8. The fourth-order valence-electron chi connectivity index (χ4n) is 1.09. The molecule has 0 fully saturated rings. The molecule has 2 nitrogen and oxygen atoms in total. The molecule has 0 saturated heterocycles. The fourth-order valence-corrected chi connectivity index (χ4v) is 1.09. The molecule has 0 saturated carbocycles. The molecule has 1 aromatic carbocycles. The fraction of sp³-hybridized carbons (Fsp3) is 0.364. The van der Waals surface area contributed by atoms with Gasteiger partial charge in [0.2, 0.25) is 0 Å². The summed E-state index contributed by atoms with van der Waals surface area (Å²) in [5.41, 5.74) is 0.232. The molecular formula is C11H8F5NO. The molecular weight excluding hydrogens is 257 g/mol.